The summed E-state index contributed by atoms with van der Waals surface area (Å²) in [5.41, 5.74) is 3.12. The number of hydrogen-bond donors (Lipinski definition) is 0. The Morgan fingerprint density at radius 1 is 1.07 bits per heavy atom. The van der Waals surface area contributed by atoms with Gasteiger partial charge in [0.2, 0.25) is 0 Å². The van der Waals surface area contributed by atoms with Crippen LogP contribution in [0.25, 0.3) is 0 Å². The van der Waals surface area contributed by atoms with Gasteiger partial charge in [0.05, 0.1) is 15.5 Å². The molecule has 0 saturated carbocycles. The Hall–Kier alpha value is -2.61. The van der Waals surface area contributed by atoms with Gasteiger partial charge >= 0.3 is 0 Å². The van der Waals surface area contributed by atoms with E-state index in [9.17, 15) is 18.5 Å². The van der Waals surface area contributed by atoms with Crippen molar-refractivity contribution in [1.29, 1.82) is 0 Å². The minimum Gasteiger partial charge on any atom is -0.371 e. The van der Waals surface area contributed by atoms with Crippen LogP contribution < -0.4 is 9.80 Å². The van der Waals surface area contributed by atoms with Crippen LogP contribution in [0.1, 0.15) is 18.4 Å². The Morgan fingerprint density at radius 3 is 2.48 bits per heavy atom. The molecule has 154 valence electrons. The van der Waals surface area contributed by atoms with Crippen LogP contribution >= 0.6 is 0 Å². The fraction of sp³-hybridized carbons (Fsp3) is 0.429. The molecule has 29 heavy (non-hydrogen) atoms. The van der Waals surface area contributed by atoms with E-state index in [0.717, 1.165) is 51.7 Å². The van der Waals surface area contributed by atoms with E-state index in [1.807, 2.05) is 0 Å². The third-order valence-corrected chi connectivity index (χ3v) is 7.10. The zero-order chi connectivity index (χ0) is 20.6. The van der Waals surface area contributed by atoms with Gasteiger partial charge in [0.1, 0.15) is 0 Å². The molecule has 0 N–H and O–H groups in total. The minimum atomic E-state index is -3.56. The maximum atomic E-state index is 12.2. The largest absolute Gasteiger partial charge is 0.371 e. The number of non-ortho nitro benzene ring substituents is 1. The van der Waals surface area contributed by atoms with Crippen LogP contribution in [0, 0.1) is 16.0 Å². The van der Waals surface area contributed by atoms with Crippen molar-refractivity contribution in [2.75, 3.05) is 42.2 Å². The molecule has 4 rings (SSSR count). The summed E-state index contributed by atoms with van der Waals surface area (Å²) in [6.45, 7) is 3.57. The van der Waals surface area contributed by atoms with Gasteiger partial charge in [0.25, 0.3) is 5.69 Å². The Morgan fingerprint density at radius 2 is 1.79 bits per heavy atom. The molecule has 0 unspecified atom stereocenters. The van der Waals surface area contributed by atoms with Crippen molar-refractivity contribution >= 4 is 26.9 Å². The van der Waals surface area contributed by atoms with Gasteiger partial charge in [0.15, 0.2) is 9.84 Å². The molecule has 0 atom stereocenters. The smallest absolute Gasteiger partial charge is 0.270 e. The zero-order valence-corrected chi connectivity index (χ0v) is 17.3. The van der Waals surface area contributed by atoms with E-state index in [-0.39, 0.29) is 10.6 Å². The molecule has 7 nitrogen and oxygen atoms in total. The lowest BCUT2D eigenvalue weighted by molar-refractivity contribution is -0.385. The molecular weight excluding hydrogens is 390 g/mol. The molecule has 0 aliphatic carbocycles. The van der Waals surface area contributed by atoms with Gasteiger partial charge < -0.3 is 9.80 Å². The Kier molecular flexibility index (Phi) is 5.21. The zero-order valence-electron chi connectivity index (χ0n) is 16.5. The van der Waals surface area contributed by atoms with Gasteiger partial charge in [-0.25, -0.2) is 8.42 Å². The van der Waals surface area contributed by atoms with E-state index in [0.29, 0.717) is 11.6 Å². The fourth-order valence-corrected chi connectivity index (χ4v) is 5.35. The molecule has 2 aromatic rings. The number of fused-ring (bicyclic) bond motifs is 1. The van der Waals surface area contributed by atoms with Crippen LogP contribution in [0.2, 0.25) is 0 Å². The summed E-state index contributed by atoms with van der Waals surface area (Å²) in [6.07, 6.45) is 4.14. The molecule has 8 heteroatoms. The minimum absolute atomic E-state index is 0.0404. The highest BCUT2D eigenvalue weighted by molar-refractivity contribution is 7.90. The number of anilines is 2. The van der Waals surface area contributed by atoms with E-state index in [2.05, 4.69) is 34.1 Å². The van der Waals surface area contributed by atoms with Crippen LogP contribution in [0.3, 0.4) is 0 Å². The summed E-state index contributed by atoms with van der Waals surface area (Å²) in [4.78, 5) is 15.1. The maximum absolute atomic E-state index is 12.2. The Labute approximate surface area is 171 Å². The summed E-state index contributed by atoms with van der Waals surface area (Å²) < 4.78 is 24.5. The molecule has 0 bridgehead atoms. The highest BCUT2D eigenvalue weighted by atomic mass is 32.2. The average molecular weight is 416 g/mol. The first-order valence-electron chi connectivity index (χ1n) is 9.89. The van der Waals surface area contributed by atoms with Crippen LogP contribution in [0.5, 0.6) is 0 Å². The Bertz CT molecular complexity index is 1030. The van der Waals surface area contributed by atoms with Crippen LogP contribution in [-0.2, 0) is 16.3 Å². The monoisotopic (exact) mass is 415 g/mol. The van der Waals surface area contributed by atoms with Crippen LogP contribution in [-0.4, -0.2) is 45.8 Å². The maximum Gasteiger partial charge on any atom is 0.270 e. The second kappa shape index (κ2) is 7.67. The highest BCUT2D eigenvalue weighted by Gasteiger charge is 2.28. The summed E-state index contributed by atoms with van der Waals surface area (Å²) in [7, 11) is -3.56. The topological polar surface area (TPSA) is 83.8 Å². The van der Waals surface area contributed by atoms with Gasteiger partial charge in [-0.05, 0) is 42.9 Å². The van der Waals surface area contributed by atoms with Crippen molar-refractivity contribution in [3.8, 4) is 0 Å². The molecule has 1 fully saturated rings. The van der Waals surface area contributed by atoms with Crippen molar-refractivity contribution in [1.82, 2.24) is 0 Å². The van der Waals surface area contributed by atoms with Crippen molar-refractivity contribution in [2.45, 2.75) is 24.2 Å². The number of nitro groups is 1. The molecule has 0 aromatic heterocycles. The van der Waals surface area contributed by atoms with Gasteiger partial charge in [-0.3, -0.25) is 10.1 Å². The van der Waals surface area contributed by atoms with Crippen LogP contribution in [0.15, 0.2) is 47.4 Å². The molecule has 0 amide bonds. The van der Waals surface area contributed by atoms with E-state index < -0.39 is 14.8 Å². The SMILES string of the molecule is CS(=O)(=O)c1cc([N+](=O)[O-])ccc1N1CCC(CN2CCc3ccccc32)CC1. The first-order valence-corrected chi connectivity index (χ1v) is 11.8. The van der Waals surface area contributed by atoms with Crippen LogP contribution in [0.4, 0.5) is 17.1 Å². The van der Waals surface area contributed by atoms with Crippen molar-refractivity contribution in [3.05, 3.63) is 58.1 Å². The standard InChI is InChI=1S/C21H25N3O4S/c1-29(27,28)21-14-18(24(25)26)6-7-20(21)22-11-8-16(9-12-22)15-23-13-10-17-4-2-3-5-19(17)23/h2-7,14,16H,8-13,15H2,1H3. The third kappa shape index (κ3) is 4.07. The fourth-order valence-electron chi connectivity index (χ4n) is 4.44. The Balaban J connectivity index is 1.46. The first kappa shape index (κ1) is 19.7. The summed E-state index contributed by atoms with van der Waals surface area (Å²) in [5.74, 6) is 0.553. The van der Waals surface area contributed by atoms with Gasteiger partial charge in [-0.1, -0.05) is 18.2 Å². The van der Waals surface area contributed by atoms with E-state index in [4.69, 9.17) is 0 Å². The summed E-state index contributed by atoms with van der Waals surface area (Å²) in [5, 5.41) is 11.1. The lowest BCUT2D eigenvalue weighted by atomic mass is 9.95. The van der Waals surface area contributed by atoms with E-state index in [1.54, 1.807) is 6.07 Å². The van der Waals surface area contributed by atoms with Crippen molar-refractivity contribution in [3.63, 3.8) is 0 Å². The predicted octanol–water partition coefficient (Wildman–Crippen LogP) is 3.28. The lowest BCUT2D eigenvalue weighted by Crippen LogP contribution is -2.39. The number of rotatable bonds is 5. The number of nitro benzene ring substituents is 1. The molecule has 0 spiro atoms. The normalized spacial score (nSPS) is 17.4. The molecular formula is C21H25N3O4S. The molecule has 0 radical (unpaired) electrons. The van der Waals surface area contributed by atoms with Crippen molar-refractivity contribution in [2.24, 2.45) is 5.92 Å². The van der Waals surface area contributed by atoms with Gasteiger partial charge in [0, 0.05) is 50.3 Å². The third-order valence-electron chi connectivity index (χ3n) is 5.97. The summed E-state index contributed by atoms with van der Waals surface area (Å²) >= 11 is 0. The highest BCUT2D eigenvalue weighted by Crippen LogP contribution is 2.34. The predicted molar refractivity (Wildman–Crippen MR) is 114 cm³/mol. The molecule has 1 saturated heterocycles. The summed E-state index contributed by atoms with van der Waals surface area (Å²) in [6, 6.07) is 12.7. The molecule has 2 aromatic carbocycles. The number of sulfone groups is 1. The molecule has 2 aliphatic rings. The lowest BCUT2D eigenvalue weighted by Gasteiger charge is -2.36. The average Bonchev–Trinajstić information content (AvgIpc) is 3.10. The molecule has 2 heterocycles. The molecule has 2 aliphatic heterocycles. The van der Waals surface area contributed by atoms with E-state index >= 15 is 0 Å². The van der Waals surface area contributed by atoms with Gasteiger partial charge in [-0.2, -0.15) is 0 Å². The second-order valence-corrected chi connectivity index (χ2v) is 9.92. The van der Waals surface area contributed by atoms with E-state index in [1.165, 1.54) is 23.4 Å². The number of para-hydroxylation sites is 1. The number of nitrogens with zero attached hydrogens (tertiary/aromatic N) is 3. The number of benzene rings is 2. The number of piperidine rings is 1. The number of hydrogen-bond acceptors (Lipinski definition) is 6. The van der Waals surface area contributed by atoms with Crippen molar-refractivity contribution < 1.29 is 13.3 Å². The first-order chi connectivity index (χ1) is 13.8. The van der Waals surface area contributed by atoms with Gasteiger partial charge in [-0.15, -0.1) is 0 Å². The second-order valence-electron chi connectivity index (χ2n) is 7.94. The quantitative estimate of drug-likeness (QED) is 0.550.